The van der Waals surface area contributed by atoms with Crippen LogP contribution >= 0.6 is 23.2 Å². The molecule has 0 spiro atoms. The van der Waals surface area contributed by atoms with Crippen LogP contribution in [0.2, 0.25) is 10.0 Å². The lowest BCUT2D eigenvalue weighted by molar-refractivity contribution is -0.147. The van der Waals surface area contributed by atoms with E-state index in [9.17, 15) is 14.4 Å². The highest BCUT2D eigenvalue weighted by Gasteiger charge is 2.11. The molecule has 2 amide bonds. The zero-order valence-corrected chi connectivity index (χ0v) is 21.7. The molecule has 0 saturated heterocycles. The van der Waals surface area contributed by atoms with Crippen molar-refractivity contribution >= 4 is 63.1 Å². The predicted molar refractivity (Wildman–Crippen MR) is 149 cm³/mol. The van der Waals surface area contributed by atoms with Gasteiger partial charge in [0.05, 0.1) is 10.7 Å². The number of ether oxygens (including phenoxy) is 2. The lowest BCUT2D eigenvalue weighted by Gasteiger charge is -2.09. The van der Waals surface area contributed by atoms with Gasteiger partial charge >= 0.3 is 5.97 Å². The lowest BCUT2D eigenvalue weighted by Crippen LogP contribution is -2.21. The summed E-state index contributed by atoms with van der Waals surface area (Å²) < 4.78 is 10.9. The molecule has 0 fully saturated rings. The fourth-order valence-electron chi connectivity index (χ4n) is 3.59. The van der Waals surface area contributed by atoms with Gasteiger partial charge < -0.3 is 20.1 Å². The molecule has 0 aliphatic heterocycles. The molecule has 38 heavy (non-hydrogen) atoms. The van der Waals surface area contributed by atoms with Crippen molar-refractivity contribution in [1.82, 2.24) is 0 Å². The molecular formula is C29H24Cl2N2O5. The zero-order valence-electron chi connectivity index (χ0n) is 20.2. The highest BCUT2D eigenvalue weighted by Crippen LogP contribution is 2.27. The van der Waals surface area contributed by atoms with Crippen LogP contribution < -0.4 is 15.4 Å². The van der Waals surface area contributed by atoms with E-state index in [4.69, 9.17) is 32.7 Å². The molecule has 9 heteroatoms. The number of halogens is 2. The lowest BCUT2D eigenvalue weighted by atomic mass is 10.1. The van der Waals surface area contributed by atoms with Crippen molar-refractivity contribution in [3.8, 4) is 11.5 Å². The van der Waals surface area contributed by atoms with Gasteiger partial charge in [-0.1, -0.05) is 53.5 Å². The third-order valence-electron chi connectivity index (χ3n) is 5.45. The highest BCUT2D eigenvalue weighted by atomic mass is 35.5. The highest BCUT2D eigenvalue weighted by molar-refractivity contribution is 6.36. The normalized spacial score (nSPS) is 10.6. The van der Waals surface area contributed by atoms with Gasteiger partial charge in [-0.3, -0.25) is 14.4 Å². The van der Waals surface area contributed by atoms with Crippen LogP contribution in [0.1, 0.15) is 19.3 Å². The molecule has 194 valence electrons. The first-order valence-corrected chi connectivity index (χ1v) is 12.6. The van der Waals surface area contributed by atoms with Crippen LogP contribution in [-0.4, -0.2) is 24.4 Å². The van der Waals surface area contributed by atoms with Crippen molar-refractivity contribution in [3.63, 3.8) is 0 Å². The van der Waals surface area contributed by atoms with Gasteiger partial charge in [0.1, 0.15) is 11.5 Å². The van der Waals surface area contributed by atoms with Gasteiger partial charge in [-0.25, -0.2) is 0 Å². The molecular weight excluding hydrogens is 527 g/mol. The minimum absolute atomic E-state index is 0.000929. The summed E-state index contributed by atoms with van der Waals surface area (Å²) in [4.78, 5) is 36.1. The summed E-state index contributed by atoms with van der Waals surface area (Å²) in [5, 5.41) is 8.26. The summed E-state index contributed by atoms with van der Waals surface area (Å²) in [6.45, 7) is -0.461. The van der Waals surface area contributed by atoms with E-state index in [0.717, 1.165) is 16.5 Å². The van der Waals surface area contributed by atoms with Crippen molar-refractivity contribution in [2.75, 3.05) is 17.2 Å². The van der Waals surface area contributed by atoms with E-state index in [-0.39, 0.29) is 30.2 Å². The van der Waals surface area contributed by atoms with E-state index >= 15 is 0 Å². The van der Waals surface area contributed by atoms with Crippen molar-refractivity contribution in [3.05, 3.63) is 95.0 Å². The Bertz CT molecular complexity index is 1460. The molecule has 4 rings (SSSR count). The maximum absolute atomic E-state index is 12.2. The van der Waals surface area contributed by atoms with Crippen LogP contribution in [0.3, 0.4) is 0 Å². The summed E-state index contributed by atoms with van der Waals surface area (Å²) in [7, 11) is 0. The van der Waals surface area contributed by atoms with Gasteiger partial charge in [0, 0.05) is 23.6 Å². The van der Waals surface area contributed by atoms with E-state index < -0.39 is 18.5 Å². The Morgan fingerprint density at radius 3 is 2.21 bits per heavy atom. The average Bonchev–Trinajstić information content (AvgIpc) is 2.90. The third-order valence-corrected chi connectivity index (χ3v) is 6.00. The number of esters is 1. The fraction of sp³-hybridized carbons (Fsp3) is 0.138. The summed E-state index contributed by atoms with van der Waals surface area (Å²) >= 11 is 11.8. The van der Waals surface area contributed by atoms with Crippen LogP contribution in [0.25, 0.3) is 10.8 Å². The van der Waals surface area contributed by atoms with E-state index in [2.05, 4.69) is 10.6 Å². The largest absolute Gasteiger partial charge is 0.457 e. The monoisotopic (exact) mass is 550 g/mol. The summed E-state index contributed by atoms with van der Waals surface area (Å²) in [5.41, 5.74) is 0.975. The summed E-state index contributed by atoms with van der Waals surface area (Å²) in [5.74, 6) is 0.0110. The summed E-state index contributed by atoms with van der Waals surface area (Å²) in [6.07, 6.45) is 0.399. The Labute approximate surface area is 229 Å². The summed E-state index contributed by atoms with van der Waals surface area (Å²) in [6, 6.07) is 25.6. The number of amides is 2. The third kappa shape index (κ3) is 7.96. The average molecular weight is 551 g/mol. The van der Waals surface area contributed by atoms with Crippen LogP contribution in [-0.2, 0) is 19.1 Å². The molecule has 0 saturated carbocycles. The van der Waals surface area contributed by atoms with Crippen molar-refractivity contribution in [2.24, 2.45) is 0 Å². The second-order valence-corrected chi connectivity index (χ2v) is 9.21. The predicted octanol–water partition coefficient (Wildman–Crippen LogP) is 7.23. The standard InChI is InChI=1S/C29H24Cl2N2O5/c30-21-9-15-26(25(31)17-21)33-28(35)18-37-29(36)7-3-6-27(34)32-22-10-13-23(14-11-22)38-24-12-8-19-4-1-2-5-20(19)16-24/h1-2,4-5,8-17H,3,6-7,18H2,(H,32,34)(H,33,35). The maximum Gasteiger partial charge on any atom is 0.306 e. The van der Waals surface area contributed by atoms with Crippen molar-refractivity contribution in [1.29, 1.82) is 0 Å². The van der Waals surface area contributed by atoms with Crippen molar-refractivity contribution in [2.45, 2.75) is 19.3 Å². The van der Waals surface area contributed by atoms with Crippen LogP contribution in [0.4, 0.5) is 11.4 Å². The molecule has 2 N–H and O–H groups in total. The van der Waals surface area contributed by atoms with E-state index in [0.29, 0.717) is 22.1 Å². The Morgan fingerprint density at radius 2 is 1.45 bits per heavy atom. The van der Waals surface area contributed by atoms with Crippen LogP contribution in [0.15, 0.2) is 84.9 Å². The first-order chi connectivity index (χ1) is 18.4. The fourth-order valence-corrected chi connectivity index (χ4v) is 4.04. The smallest absolute Gasteiger partial charge is 0.306 e. The molecule has 0 aromatic heterocycles. The maximum atomic E-state index is 12.2. The van der Waals surface area contributed by atoms with E-state index in [1.165, 1.54) is 6.07 Å². The zero-order chi connectivity index (χ0) is 26.9. The molecule has 4 aromatic rings. The van der Waals surface area contributed by atoms with Gasteiger partial charge in [-0.15, -0.1) is 0 Å². The number of anilines is 2. The molecule has 0 unspecified atom stereocenters. The molecule has 0 aliphatic carbocycles. The van der Waals surface area contributed by atoms with Crippen LogP contribution in [0, 0.1) is 0 Å². The number of carbonyl (C=O) groups is 3. The van der Waals surface area contributed by atoms with E-state index in [1.54, 1.807) is 36.4 Å². The number of hydrogen-bond donors (Lipinski definition) is 2. The SMILES string of the molecule is O=C(CCCC(=O)OCC(=O)Nc1ccc(Cl)cc1Cl)Nc1ccc(Oc2ccc3ccccc3c2)cc1. The topological polar surface area (TPSA) is 93.7 Å². The quantitative estimate of drug-likeness (QED) is 0.203. The molecule has 0 aliphatic rings. The van der Waals surface area contributed by atoms with Crippen LogP contribution in [0.5, 0.6) is 11.5 Å². The van der Waals surface area contributed by atoms with Gasteiger partial charge in [-0.05, 0) is 71.8 Å². The molecule has 0 atom stereocenters. The molecule has 0 heterocycles. The second-order valence-electron chi connectivity index (χ2n) is 8.37. The van der Waals surface area contributed by atoms with Gasteiger partial charge in [0.15, 0.2) is 6.61 Å². The first kappa shape index (κ1) is 27.0. The Hall–Kier alpha value is -4.07. The minimum atomic E-state index is -0.578. The number of carbonyl (C=O) groups excluding carboxylic acids is 3. The molecule has 7 nitrogen and oxygen atoms in total. The molecule has 4 aromatic carbocycles. The minimum Gasteiger partial charge on any atom is -0.457 e. The number of hydrogen-bond acceptors (Lipinski definition) is 5. The Morgan fingerprint density at radius 1 is 0.711 bits per heavy atom. The van der Waals surface area contributed by atoms with E-state index in [1.807, 2.05) is 42.5 Å². The second kappa shape index (κ2) is 12.9. The Balaban J connectivity index is 1.15. The van der Waals surface area contributed by atoms with Crippen molar-refractivity contribution < 1.29 is 23.9 Å². The number of benzene rings is 4. The van der Waals surface area contributed by atoms with Gasteiger partial charge in [-0.2, -0.15) is 0 Å². The van der Waals surface area contributed by atoms with Gasteiger partial charge in [0.2, 0.25) is 5.91 Å². The number of rotatable bonds is 10. The molecule has 0 radical (unpaired) electrons. The number of fused-ring (bicyclic) bond motifs is 1. The number of nitrogens with one attached hydrogen (secondary N) is 2. The first-order valence-electron chi connectivity index (χ1n) is 11.8. The molecule has 0 bridgehead atoms. The van der Waals surface area contributed by atoms with Gasteiger partial charge in [0.25, 0.3) is 5.91 Å². The Kier molecular flexibility index (Phi) is 9.19.